The van der Waals surface area contributed by atoms with Gasteiger partial charge in [0.15, 0.2) is 0 Å². The van der Waals surface area contributed by atoms with Crippen molar-refractivity contribution in [3.8, 4) is 0 Å². The highest BCUT2D eigenvalue weighted by atomic mass is 16.4. The van der Waals surface area contributed by atoms with E-state index in [1.807, 2.05) is 30.3 Å². The van der Waals surface area contributed by atoms with Crippen LogP contribution in [0.1, 0.15) is 44.1 Å². The quantitative estimate of drug-likeness (QED) is 0.923. The zero-order valence-corrected chi connectivity index (χ0v) is 12.6. The molecule has 1 N–H and O–H groups in total. The van der Waals surface area contributed by atoms with Crippen LogP contribution in [0.4, 0.5) is 0 Å². The molecule has 2 fully saturated rings. The lowest BCUT2D eigenvalue weighted by Crippen LogP contribution is -2.62. The molecule has 2 aliphatic rings. The van der Waals surface area contributed by atoms with Gasteiger partial charge in [0.1, 0.15) is 6.04 Å². The number of benzene rings is 1. The first kappa shape index (κ1) is 14.6. The molecule has 1 saturated heterocycles. The van der Waals surface area contributed by atoms with E-state index in [9.17, 15) is 9.90 Å². The molecule has 0 amide bonds. The number of nitrogens with zero attached hydrogens (tertiary/aromatic N) is 1. The first-order valence-corrected chi connectivity index (χ1v) is 8.19. The summed E-state index contributed by atoms with van der Waals surface area (Å²) >= 11 is 0. The number of likely N-dealkylation sites (tertiary alicyclic amines) is 1. The van der Waals surface area contributed by atoms with Gasteiger partial charge in [0.05, 0.1) is 0 Å². The van der Waals surface area contributed by atoms with Crippen LogP contribution in [0, 0.1) is 5.41 Å². The first-order chi connectivity index (χ1) is 10.2. The summed E-state index contributed by atoms with van der Waals surface area (Å²) in [4.78, 5) is 13.8. The van der Waals surface area contributed by atoms with Crippen molar-refractivity contribution in [1.82, 2.24) is 4.90 Å². The average molecular weight is 287 g/mol. The van der Waals surface area contributed by atoms with Crippen molar-refractivity contribution in [1.29, 1.82) is 0 Å². The van der Waals surface area contributed by atoms with Gasteiger partial charge in [-0.2, -0.15) is 0 Å². The van der Waals surface area contributed by atoms with E-state index in [4.69, 9.17) is 0 Å². The molecular formula is C18H25NO2. The van der Waals surface area contributed by atoms with Crippen molar-refractivity contribution in [3.05, 3.63) is 35.9 Å². The highest BCUT2D eigenvalue weighted by molar-refractivity contribution is 5.74. The van der Waals surface area contributed by atoms with Crippen LogP contribution in [0.2, 0.25) is 0 Å². The number of carboxylic acid groups (broad SMARTS) is 1. The predicted molar refractivity (Wildman–Crippen MR) is 83.3 cm³/mol. The molecule has 114 valence electrons. The second-order valence-electron chi connectivity index (χ2n) is 6.86. The van der Waals surface area contributed by atoms with Crippen LogP contribution in [0.25, 0.3) is 0 Å². The maximum absolute atomic E-state index is 11.6. The van der Waals surface area contributed by atoms with Gasteiger partial charge >= 0.3 is 5.97 Å². The molecule has 0 bridgehead atoms. The van der Waals surface area contributed by atoms with Crippen LogP contribution < -0.4 is 0 Å². The number of aliphatic carboxylic acids is 1. The van der Waals surface area contributed by atoms with E-state index in [1.165, 1.54) is 38.5 Å². The lowest BCUT2D eigenvalue weighted by Gasteiger charge is -2.52. The van der Waals surface area contributed by atoms with Crippen LogP contribution in [0.15, 0.2) is 30.3 Å². The van der Waals surface area contributed by atoms with Crippen LogP contribution >= 0.6 is 0 Å². The van der Waals surface area contributed by atoms with Crippen LogP contribution in [0.3, 0.4) is 0 Å². The molecule has 3 heteroatoms. The molecule has 0 aromatic heterocycles. The number of hydrogen-bond acceptors (Lipinski definition) is 2. The lowest BCUT2D eigenvalue weighted by molar-refractivity contribution is -0.150. The molecule has 3 nitrogen and oxygen atoms in total. The number of rotatable bonds is 4. The summed E-state index contributed by atoms with van der Waals surface area (Å²) in [5, 5.41) is 9.57. The van der Waals surface area contributed by atoms with E-state index in [1.54, 1.807) is 0 Å². The fraction of sp³-hybridized carbons (Fsp3) is 0.611. The fourth-order valence-corrected chi connectivity index (χ4v) is 4.04. The minimum atomic E-state index is -0.678. The maximum atomic E-state index is 11.6. The van der Waals surface area contributed by atoms with Crippen LogP contribution in [-0.4, -0.2) is 35.1 Å². The molecule has 1 spiro atoms. The van der Waals surface area contributed by atoms with Crippen LogP contribution in [-0.2, 0) is 11.2 Å². The second-order valence-corrected chi connectivity index (χ2v) is 6.86. The Morgan fingerprint density at radius 2 is 1.71 bits per heavy atom. The van der Waals surface area contributed by atoms with E-state index in [0.717, 1.165) is 18.7 Å². The van der Waals surface area contributed by atoms with Gasteiger partial charge < -0.3 is 5.11 Å². The molecule has 1 aliphatic heterocycles. The molecule has 1 unspecified atom stereocenters. The summed E-state index contributed by atoms with van der Waals surface area (Å²) in [6.45, 7) is 1.97. The monoisotopic (exact) mass is 287 g/mol. The summed E-state index contributed by atoms with van der Waals surface area (Å²) in [6, 6.07) is 9.63. The Labute approximate surface area is 127 Å². The molecule has 1 saturated carbocycles. The SMILES string of the molecule is O=C(O)C(Cc1ccccc1)N1CC2(CCCCCC2)C1. The molecule has 3 rings (SSSR count). The summed E-state index contributed by atoms with van der Waals surface area (Å²) in [5.74, 6) is -0.678. The van der Waals surface area contributed by atoms with Gasteiger partial charge in [0.2, 0.25) is 0 Å². The Balaban J connectivity index is 1.63. The van der Waals surface area contributed by atoms with Crippen molar-refractivity contribution in [2.75, 3.05) is 13.1 Å². The van der Waals surface area contributed by atoms with Gasteiger partial charge in [-0.25, -0.2) is 0 Å². The molecule has 0 radical (unpaired) electrons. The molecule has 1 heterocycles. The van der Waals surface area contributed by atoms with Crippen molar-refractivity contribution < 1.29 is 9.90 Å². The van der Waals surface area contributed by atoms with Gasteiger partial charge in [-0.15, -0.1) is 0 Å². The Kier molecular flexibility index (Phi) is 4.29. The highest BCUT2D eigenvalue weighted by Crippen LogP contribution is 2.43. The van der Waals surface area contributed by atoms with Crippen molar-refractivity contribution >= 4 is 5.97 Å². The zero-order valence-electron chi connectivity index (χ0n) is 12.6. The Hall–Kier alpha value is -1.35. The number of carbonyl (C=O) groups is 1. The molecule has 1 atom stereocenters. The van der Waals surface area contributed by atoms with Crippen LogP contribution in [0.5, 0.6) is 0 Å². The highest BCUT2D eigenvalue weighted by Gasteiger charge is 2.46. The van der Waals surface area contributed by atoms with E-state index in [-0.39, 0.29) is 6.04 Å². The molecule has 1 aliphatic carbocycles. The molecular weight excluding hydrogens is 262 g/mol. The van der Waals surface area contributed by atoms with Crippen molar-refractivity contribution in [2.45, 2.75) is 51.0 Å². The Morgan fingerprint density at radius 3 is 2.29 bits per heavy atom. The minimum Gasteiger partial charge on any atom is -0.480 e. The first-order valence-electron chi connectivity index (χ1n) is 8.19. The Bertz CT molecular complexity index is 469. The molecule has 1 aromatic carbocycles. The van der Waals surface area contributed by atoms with Gasteiger partial charge in [-0.1, -0.05) is 56.0 Å². The maximum Gasteiger partial charge on any atom is 0.321 e. The molecule has 1 aromatic rings. The van der Waals surface area contributed by atoms with Gasteiger partial charge in [-0.3, -0.25) is 9.69 Å². The summed E-state index contributed by atoms with van der Waals surface area (Å²) < 4.78 is 0. The topological polar surface area (TPSA) is 40.5 Å². The fourth-order valence-electron chi connectivity index (χ4n) is 4.04. The van der Waals surface area contributed by atoms with Gasteiger partial charge in [-0.05, 0) is 30.2 Å². The summed E-state index contributed by atoms with van der Waals surface area (Å²) in [6.07, 6.45) is 8.56. The van der Waals surface area contributed by atoms with Gasteiger partial charge in [0.25, 0.3) is 0 Å². The lowest BCUT2D eigenvalue weighted by atomic mass is 9.72. The van der Waals surface area contributed by atoms with E-state index in [0.29, 0.717) is 11.8 Å². The number of carboxylic acids is 1. The Morgan fingerprint density at radius 1 is 1.10 bits per heavy atom. The summed E-state index contributed by atoms with van der Waals surface area (Å²) in [7, 11) is 0. The predicted octanol–water partition coefficient (Wildman–Crippen LogP) is 3.34. The van der Waals surface area contributed by atoms with E-state index < -0.39 is 5.97 Å². The largest absolute Gasteiger partial charge is 0.480 e. The standard InChI is InChI=1S/C18H25NO2/c20-17(21)16(12-15-8-4-3-5-9-15)19-13-18(14-19)10-6-1-2-7-11-18/h3-5,8-9,16H,1-2,6-7,10-14H2,(H,20,21). The van der Waals surface area contributed by atoms with E-state index >= 15 is 0 Å². The number of hydrogen-bond donors (Lipinski definition) is 1. The molecule has 21 heavy (non-hydrogen) atoms. The third-order valence-electron chi connectivity index (χ3n) is 5.24. The third kappa shape index (κ3) is 3.29. The van der Waals surface area contributed by atoms with E-state index in [2.05, 4.69) is 4.90 Å². The van der Waals surface area contributed by atoms with Gasteiger partial charge in [0, 0.05) is 13.1 Å². The normalized spacial score (nSPS) is 23.2. The van der Waals surface area contributed by atoms with Crippen molar-refractivity contribution in [2.24, 2.45) is 5.41 Å². The third-order valence-corrected chi connectivity index (χ3v) is 5.24. The summed E-state index contributed by atoms with van der Waals surface area (Å²) in [5.41, 5.74) is 1.55. The zero-order chi connectivity index (χ0) is 14.7. The minimum absolute atomic E-state index is 0.360. The average Bonchev–Trinajstić information content (AvgIpc) is 2.70. The smallest absolute Gasteiger partial charge is 0.321 e. The second kappa shape index (κ2) is 6.18. The van der Waals surface area contributed by atoms with Crippen molar-refractivity contribution in [3.63, 3.8) is 0 Å².